The molecule has 1 amide bonds. The fourth-order valence-electron chi connectivity index (χ4n) is 2.43. The van der Waals surface area contributed by atoms with Gasteiger partial charge in [-0.3, -0.25) is 4.79 Å². The number of imidazole rings is 1. The largest absolute Gasteiger partial charge is 0.339 e. The summed E-state index contributed by atoms with van der Waals surface area (Å²) < 4.78 is 1.89. The highest BCUT2D eigenvalue weighted by Gasteiger charge is 2.21. The van der Waals surface area contributed by atoms with Crippen LogP contribution in [0.4, 0.5) is 0 Å². The van der Waals surface area contributed by atoms with E-state index in [2.05, 4.69) is 22.2 Å². The minimum absolute atomic E-state index is 0.192. The number of hydrogen-bond donors (Lipinski definition) is 1. The summed E-state index contributed by atoms with van der Waals surface area (Å²) in [6.45, 7) is 4.80. The molecule has 0 atom stereocenters. The molecule has 1 aliphatic carbocycles. The van der Waals surface area contributed by atoms with Gasteiger partial charge in [-0.15, -0.1) is 0 Å². The maximum atomic E-state index is 12.2. The zero-order chi connectivity index (χ0) is 13.9. The first-order valence-electron chi connectivity index (χ1n) is 7.41. The molecule has 1 saturated heterocycles. The molecule has 0 spiro atoms. The number of rotatable bonds is 5. The molecule has 2 heterocycles. The molecule has 0 aromatic carbocycles. The molecule has 0 bridgehead atoms. The predicted octanol–water partition coefficient (Wildman–Crippen LogP) is -0.0909. The van der Waals surface area contributed by atoms with Crippen molar-refractivity contribution in [1.29, 1.82) is 0 Å². The van der Waals surface area contributed by atoms with Gasteiger partial charge in [0.25, 0.3) is 0 Å². The number of piperazine rings is 1. The van der Waals surface area contributed by atoms with Crippen LogP contribution in [-0.4, -0.2) is 64.5 Å². The van der Waals surface area contributed by atoms with E-state index in [0.29, 0.717) is 12.6 Å². The molecule has 0 radical (unpaired) electrons. The second-order valence-corrected chi connectivity index (χ2v) is 5.88. The third-order valence-corrected chi connectivity index (χ3v) is 4.01. The lowest BCUT2D eigenvalue weighted by Crippen LogP contribution is -2.48. The van der Waals surface area contributed by atoms with Gasteiger partial charge in [0.2, 0.25) is 5.91 Å². The zero-order valence-electron chi connectivity index (χ0n) is 12.1. The first-order valence-corrected chi connectivity index (χ1v) is 7.41. The van der Waals surface area contributed by atoms with Crippen molar-refractivity contribution in [3.05, 3.63) is 18.2 Å². The van der Waals surface area contributed by atoms with E-state index in [1.807, 2.05) is 15.7 Å². The Morgan fingerprint density at radius 2 is 2.10 bits per heavy atom. The summed E-state index contributed by atoms with van der Waals surface area (Å²) >= 11 is 0. The fraction of sp³-hybridized carbons (Fsp3) is 0.714. The summed E-state index contributed by atoms with van der Waals surface area (Å²) in [5, 5.41) is 3.43. The molecule has 1 aromatic heterocycles. The lowest BCUT2D eigenvalue weighted by molar-refractivity contribution is -0.133. The van der Waals surface area contributed by atoms with Gasteiger partial charge in [0.05, 0.1) is 12.0 Å². The van der Waals surface area contributed by atoms with E-state index in [1.54, 1.807) is 6.33 Å². The lowest BCUT2D eigenvalue weighted by Gasteiger charge is -2.32. The Morgan fingerprint density at radius 1 is 1.35 bits per heavy atom. The molecule has 20 heavy (non-hydrogen) atoms. The molecule has 1 saturated carbocycles. The molecule has 6 nitrogen and oxygen atoms in total. The summed E-state index contributed by atoms with van der Waals surface area (Å²) in [6, 6.07) is 0.687. The summed E-state index contributed by atoms with van der Waals surface area (Å²) in [5.74, 6) is 0.192. The number of nitrogens with one attached hydrogen (secondary N) is 1. The molecular weight excluding hydrogens is 254 g/mol. The molecule has 3 rings (SSSR count). The van der Waals surface area contributed by atoms with Gasteiger partial charge in [-0.2, -0.15) is 0 Å². The van der Waals surface area contributed by atoms with E-state index in [1.165, 1.54) is 12.8 Å². The van der Waals surface area contributed by atoms with Gasteiger partial charge in [-0.25, -0.2) is 4.98 Å². The van der Waals surface area contributed by atoms with Crippen molar-refractivity contribution in [2.75, 3.05) is 33.2 Å². The van der Waals surface area contributed by atoms with Crippen LogP contribution in [0.25, 0.3) is 0 Å². The maximum Gasteiger partial charge on any atom is 0.242 e. The van der Waals surface area contributed by atoms with E-state index < -0.39 is 0 Å². The second kappa shape index (κ2) is 5.93. The molecular formula is C14H23N5O. The maximum absolute atomic E-state index is 12.2. The van der Waals surface area contributed by atoms with E-state index in [-0.39, 0.29) is 5.91 Å². The van der Waals surface area contributed by atoms with E-state index in [9.17, 15) is 4.79 Å². The van der Waals surface area contributed by atoms with Crippen LogP contribution in [-0.2, 0) is 17.9 Å². The highest BCUT2D eigenvalue weighted by molar-refractivity contribution is 5.76. The van der Waals surface area contributed by atoms with Crippen LogP contribution in [0.3, 0.4) is 0 Å². The van der Waals surface area contributed by atoms with Crippen molar-refractivity contribution < 1.29 is 4.79 Å². The highest BCUT2D eigenvalue weighted by atomic mass is 16.2. The monoisotopic (exact) mass is 277 g/mol. The second-order valence-electron chi connectivity index (χ2n) is 5.88. The first-order chi connectivity index (χ1) is 9.70. The average Bonchev–Trinajstić information content (AvgIpc) is 3.17. The number of nitrogens with zero attached hydrogens (tertiary/aromatic N) is 4. The van der Waals surface area contributed by atoms with Gasteiger partial charge in [-0.05, 0) is 19.9 Å². The van der Waals surface area contributed by atoms with Gasteiger partial charge in [-0.1, -0.05) is 0 Å². The molecule has 0 unspecified atom stereocenters. The Balaban J connectivity index is 1.47. The SMILES string of the molecule is CN1CCN(C(=O)Cn2cnc(CNC3CC3)c2)CC1. The van der Waals surface area contributed by atoms with Gasteiger partial charge >= 0.3 is 0 Å². The van der Waals surface area contributed by atoms with Crippen LogP contribution in [0.5, 0.6) is 0 Å². The fourth-order valence-corrected chi connectivity index (χ4v) is 2.43. The summed E-state index contributed by atoms with van der Waals surface area (Å²) in [5.41, 5.74) is 1.02. The van der Waals surface area contributed by atoms with Crippen molar-refractivity contribution in [3.63, 3.8) is 0 Å². The number of likely N-dealkylation sites (N-methyl/N-ethyl adjacent to an activating group) is 1. The van der Waals surface area contributed by atoms with Crippen molar-refractivity contribution in [1.82, 2.24) is 24.7 Å². The topological polar surface area (TPSA) is 53.4 Å². The Bertz CT molecular complexity index is 460. The standard InChI is InChI=1S/C14H23N5O/c1-17-4-6-19(7-5-17)14(20)10-18-9-13(16-11-18)8-15-12-2-3-12/h9,11-12,15H,2-8,10H2,1H3. The van der Waals surface area contributed by atoms with Crippen molar-refractivity contribution in [2.24, 2.45) is 0 Å². The van der Waals surface area contributed by atoms with Crippen LogP contribution in [0, 0.1) is 0 Å². The number of carbonyl (C=O) groups excluding carboxylic acids is 1. The van der Waals surface area contributed by atoms with Crippen molar-refractivity contribution >= 4 is 5.91 Å². The summed E-state index contributed by atoms with van der Waals surface area (Å²) in [4.78, 5) is 20.7. The number of hydrogen-bond acceptors (Lipinski definition) is 4. The molecule has 6 heteroatoms. The van der Waals surface area contributed by atoms with Gasteiger partial charge < -0.3 is 19.7 Å². The van der Waals surface area contributed by atoms with Crippen LogP contribution in [0.1, 0.15) is 18.5 Å². The molecule has 1 N–H and O–H groups in total. The Morgan fingerprint density at radius 3 is 2.80 bits per heavy atom. The Hall–Kier alpha value is -1.40. The molecule has 1 aliphatic heterocycles. The molecule has 1 aromatic rings. The Labute approximate surface area is 119 Å². The molecule has 2 fully saturated rings. The Kier molecular flexibility index (Phi) is 4.03. The highest BCUT2D eigenvalue weighted by Crippen LogP contribution is 2.18. The predicted molar refractivity (Wildman–Crippen MR) is 76.2 cm³/mol. The summed E-state index contributed by atoms with van der Waals surface area (Å²) in [7, 11) is 2.09. The minimum Gasteiger partial charge on any atom is -0.339 e. The number of aromatic nitrogens is 2. The summed E-state index contributed by atoms with van der Waals surface area (Å²) in [6.07, 6.45) is 6.30. The average molecular weight is 277 g/mol. The number of amides is 1. The third kappa shape index (κ3) is 3.58. The van der Waals surface area contributed by atoms with E-state index >= 15 is 0 Å². The first kappa shape index (κ1) is 13.6. The van der Waals surface area contributed by atoms with Crippen molar-refractivity contribution in [2.45, 2.75) is 32.0 Å². The smallest absolute Gasteiger partial charge is 0.242 e. The van der Waals surface area contributed by atoms with Crippen LogP contribution < -0.4 is 5.32 Å². The van der Waals surface area contributed by atoms with Gasteiger partial charge in [0, 0.05) is 45.0 Å². The van der Waals surface area contributed by atoms with Crippen LogP contribution in [0.2, 0.25) is 0 Å². The number of carbonyl (C=O) groups is 1. The minimum atomic E-state index is 0.192. The lowest BCUT2D eigenvalue weighted by atomic mass is 10.3. The van der Waals surface area contributed by atoms with E-state index in [4.69, 9.17) is 0 Å². The van der Waals surface area contributed by atoms with Crippen LogP contribution >= 0.6 is 0 Å². The normalized spacial score (nSPS) is 20.4. The van der Waals surface area contributed by atoms with Crippen molar-refractivity contribution in [3.8, 4) is 0 Å². The quantitative estimate of drug-likeness (QED) is 0.817. The zero-order valence-corrected chi connectivity index (χ0v) is 12.1. The van der Waals surface area contributed by atoms with Gasteiger partial charge in [0.1, 0.15) is 6.54 Å². The molecule has 2 aliphatic rings. The molecule has 110 valence electrons. The van der Waals surface area contributed by atoms with Gasteiger partial charge in [0.15, 0.2) is 0 Å². The third-order valence-electron chi connectivity index (χ3n) is 4.01. The van der Waals surface area contributed by atoms with E-state index in [0.717, 1.165) is 38.4 Å². The van der Waals surface area contributed by atoms with Crippen LogP contribution in [0.15, 0.2) is 12.5 Å².